The molecule has 23 heavy (non-hydrogen) atoms. The largest absolute Gasteiger partial charge is 0.454 e. The van der Waals surface area contributed by atoms with Gasteiger partial charge in [-0.3, -0.25) is 4.90 Å². The number of fused-ring (bicyclic) bond motifs is 2. The van der Waals surface area contributed by atoms with Gasteiger partial charge in [0.25, 0.3) is 0 Å². The highest BCUT2D eigenvalue weighted by Crippen LogP contribution is 2.56. The normalized spacial score (nSPS) is 42.5. The second kappa shape index (κ2) is 4.48. The molecule has 0 radical (unpaired) electrons. The van der Waals surface area contributed by atoms with E-state index in [1.807, 2.05) is 23.1 Å². The molecule has 6 nitrogen and oxygen atoms in total. The average Bonchev–Trinajstić information content (AvgIpc) is 3.12. The third kappa shape index (κ3) is 1.57. The van der Waals surface area contributed by atoms with Crippen LogP contribution < -0.4 is 9.47 Å². The van der Waals surface area contributed by atoms with E-state index in [-0.39, 0.29) is 18.9 Å². The number of aliphatic hydroxyl groups excluding tert-OH is 2. The van der Waals surface area contributed by atoms with E-state index in [1.54, 1.807) is 7.11 Å². The first-order valence-electron chi connectivity index (χ1n) is 7.93. The maximum Gasteiger partial charge on any atom is 0.231 e. The van der Waals surface area contributed by atoms with Crippen LogP contribution >= 0.6 is 0 Å². The van der Waals surface area contributed by atoms with Crippen molar-refractivity contribution in [2.75, 3.05) is 20.4 Å². The molecular weight excluding hydrogens is 298 g/mol. The Morgan fingerprint density at radius 2 is 2.04 bits per heavy atom. The van der Waals surface area contributed by atoms with Crippen molar-refractivity contribution in [2.45, 2.75) is 36.3 Å². The summed E-state index contributed by atoms with van der Waals surface area (Å²) in [6.45, 7) is 0.631. The fourth-order valence-electron chi connectivity index (χ4n) is 4.71. The zero-order valence-corrected chi connectivity index (χ0v) is 12.8. The van der Waals surface area contributed by atoms with E-state index in [0.717, 1.165) is 17.5 Å². The van der Waals surface area contributed by atoms with Crippen molar-refractivity contribution in [1.82, 2.24) is 4.90 Å². The van der Waals surface area contributed by atoms with E-state index in [0.29, 0.717) is 18.0 Å². The van der Waals surface area contributed by atoms with Crippen molar-refractivity contribution in [3.8, 4) is 11.5 Å². The molecule has 3 aliphatic heterocycles. The molecule has 2 bridgehead atoms. The number of hydrogen-bond acceptors (Lipinski definition) is 6. The highest BCUT2D eigenvalue weighted by Gasteiger charge is 2.61. The van der Waals surface area contributed by atoms with Gasteiger partial charge in [0.2, 0.25) is 6.79 Å². The summed E-state index contributed by atoms with van der Waals surface area (Å²) in [4.78, 5) is 1.98. The Morgan fingerprint density at radius 3 is 2.83 bits per heavy atom. The topological polar surface area (TPSA) is 71.4 Å². The molecule has 0 amide bonds. The van der Waals surface area contributed by atoms with Gasteiger partial charge in [-0.05, 0) is 24.1 Å². The molecule has 1 saturated heterocycles. The number of rotatable bonds is 1. The molecule has 5 rings (SSSR count). The number of aliphatic hydroxyl groups is 2. The summed E-state index contributed by atoms with van der Waals surface area (Å²) in [6, 6.07) is 3.79. The molecule has 1 aromatic rings. The van der Waals surface area contributed by atoms with Crippen LogP contribution in [0.1, 0.15) is 23.8 Å². The molecule has 6 heteroatoms. The van der Waals surface area contributed by atoms with Gasteiger partial charge < -0.3 is 24.4 Å². The van der Waals surface area contributed by atoms with Crippen molar-refractivity contribution in [1.29, 1.82) is 0 Å². The standard InChI is InChI=1S/C17H19NO5/c1-21-9-2-3-17-11-6-13-12(22-8-23-13)5-10(11)16(20)18(7-15(17)19)14(17)4-9/h2-3,5-6,9,14-16,19-20H,4,7-8H2,1H3/t9-,14+,15+,16-,17-/m1/s1. The Labute approximate surface area is 133 Å². The molecule has 0 saturated carbocycles. The first kappa shape index (κ1) is 13.8. The van der Waals surface area contributed by atoms with Crippen LogP contribution in [0.15, 0.2) is 24.3 Å². The summed E-state index contributed by atoms with van der Waals surface area (Å²) < 4.78 is 16.4. The van der Waals surface area contributed by atoms with E-state index in [1.165, 1.54) is 0 Å². The van der Waals surface area contributed by atoms with Gasteiger partial charge in [-0.15, -0.1) is 0 Å². The third-order valence-corrected chi connectivity index (χ3v) is 5.84. The monoisotopic (exact) mass is 317 g/mol. The molecule has 1 unspecified atom stereocenters. The molecule has 1 aromatic carbocycles. The minimum Gasteiger partial charge on any atom is -0.454 e. The molecule has 6 atom stereocenters. The first-order valence-corrected chi connectivity index (χ1v) is 7.93. The molecule has 1 aliphatic carbocycles. The molecule has 4 aliphatic rings. The van der Waals surface area contributed by atoms with Crippen LogP contribution in [0.3, 0.4) is 0 Å². The second-order valence-corrected chi connectivity index (χ2v) is 6.70. The van der Waals surface area contributed by atoms with E-state index in [2.05, 4.69) is 6.08 Å². The van der Waals surface area contributed by atoms with Crippen LogP contribution in [0.4, 0.5) is 0 Å². The molecule has 1 fully saturated rings. The predicted molar refractivity (Wildman–Crippen MR) is 80.3 cm³/mol. The van der Waals surface area contributed by atoms with E-state index in [9.17, 15) is 10.2 Å². The van der Waals surface area contributed by atoms with E-state index >= 15 is 0 Å². The predicted octanol–water partition coefficient (Wildman–Crippen LogP) is 0.678. The van der Waals surface area contributed by atoms with Crippen LogP contribution in [0, 0.1) is 0 Å². The Morgan fingerprint density at radius 1 is 1.26 bits per heavy atom. The van der Waals surface area contributed by atoms with Gasteiger partial charge in [0, 0.05) is 25.3 Å². The molecule has 2 N–H and O–H groups in total. The van der Waals surface area contributed by atoms with Gasteiger partial charge in [0.05, 0.1) is 17.6 Å². The van der Waals surface area contributed by atoms with Crippen molar-refractivity contribution < 1.29 is 24.4 Å². The number of benzene rings is 1. The molecule has 0 spiro atoms. The summed E-state index contributed by atoms with van der Waals surface area (Å²) in [5.41, 5.74) is 1.21. The maximum absolute atomic E-state index is 10.8. The fraction of sp³-hybridized carbons (Fsp3) is 0.529. The van der Waals surface area contributed by atoms with Crippen LogP contribution in [0.25, 0.3) is 0 Å². The van der Waals surface area contributed by atoms with Crippen LogP contribution in [-0.2, 0) is 10.2 Å². The minimum absolute atomic E-state index is 0.00341. The van der Waals surface area contributed by atoms with Gasteiger partial charge in [-0.2, -0.15) is 0 Å². The quantitative estimate of drug-likeness (QED) is 0.742. The van der Waals surface area contributed by atoms with Crippen LogP contribution in [0.5, 0.6) is 11.5 Å². The molecule has 122 valence electrons. The Bertz CT molecular complexity index is 704. The van der Waals surface area contributed by atoms with Gasteiger partial charge in [0.15, 0.2) is 11.5 Å². The number of methoxy groups -OCH3 is 1. The summed E-state index contributed by atoms with van der Waals surface area (Å²) in [6.07, 6.45) is 3.51. The summed E-state index contributed by atoms with van der Waals surface area (Å²) in [5, 5.41) is 21.7. The Balaban J connectivity index is 1.75. The van der Waals surface area contributed by atoms with Crippen LogP contribution in [-0.4, -0.2) is 53.8 Å². The van der Waals surface area contributed by atoms with E-state index < -0.39 is 17.7 Å². The third-order valence-electron chi connectivity index (χ3n) is 5.84. The molecule has 3 heterocycles. The highest BCUT2D eigenvalue weighted by molar-refractivity contribution is 5.57. The average molecular weight is 317 g/mol. The van der Waals surface area contributed by atoms with Gasteiger partial charge >= 0.3 is 0 Å². The Hall–Kier alpha value is -1.60. The summed E-state index contributed by atoms with van der Waals surface area (Å²) in [5.74, 6) is 1.33. The van der Waals surface area contributed by atoms with Crippen LogP contribution in [0.2, 0.25) is 0 Å². The van der Waals surface area contributed by atoms with Gasteiger partial charge in [-0.25, -0.2) is 0 Å². The molecular formula is C17H19NO5. The lowest BCUT2D eigenvalue weighted by molar-refractivity contribution is -0.0399. The lowest BCUT2D eigenvalue weighted by atomic mass is 9.65. The smallest absolute Gasteiger partial charge is 0.231 e. The minimum atomic E-state index is -0.751. The molecule has 0 aromatic heterocycles. The lowest BCUT2D eigenvalue weighted by Crippen LogP contribution is -2.53. The Kier molecular flexibility index (Phi) is 2.69. The second-order valence-electron chi connectivity index (χ2n) is 6.70. The highest BCUT2D eigenvalue weighted by atomic mass is 16.7. The lowest BCUT2D eigenvalue weighted by Gasteiger charge is -2.48. The van der Waals surface area contributed by atoms with Gasteiger partial charge in [0.1, 0.15) is 6.23 Å². The van der Waals surface area contributed by atoms with Gasteiger partial charge in [-0.1, -0.05) is 12.2 Å². The fourth-order valence-corrected chi connectivity index (χ4v) is 4.71. The SMILES string of the molecule is CO[C@@H]1C=C[C@]23c4cc5c(cc4[C@@H](O)N(C[C@@H]2O)[C@H]3C1)OCO5. The maximum atomic E-state index is 10.8. The van der Waals surface area contributed by atoms with Crippen molar-refractivity contribution in [3.05, 3.63) is 35.4 Å². The number of nitrogens with zero attached hydrogens (tertiary/aromatic N) is 1. The summed E-state index contributed by atoms with van der Waals surface area (Å²) >= 11 is 0. The van der Waals surface area contributed by atoms with E-state index in [4.69, 9.17) is 14.2 Å². The van der Waals surface area contributed by atoms with Crippen molar-refractivity contribution >= 4 is 0 Å². The number of ether oxygens (including phenoxy) is 3. The zero-order valence-electron chi connectivity index (χ0n) is 12.8. The first-order chi connectivity index (χ1) is 11.1. The van der Waals surface area contributed by atoms with Crippen molar-refractivity contribution in [2.24, 2.45) is 0 Å². The van der Waals surface area contributed by atoms with Crippen molar-refractivity contribution in [3.63, 3.8) is 0 Å². The summed E-state index contributed by atoms with van der Waals surface area (Å²) in [7, 11) is 1.69. The zero-order chi connectivity index (χ0) is 15.8. The number of hydrogen-bond donors (Lipinski definition) is 2.